The van der Waals surface area contributed by atoms with E-state index in [-0.39, 0.29) is 0 Å². The Kier molecular flexibility index (Phi) is 3.88. The van der Waals surface area contributed by atoms with E-state index in [9.17, 15) is 0 Å². The highest BCUT2D eigenvalue weighted by atomic mass is 35.5. The minimum atomic E-state index is -0.481. The van der Waals surface area contributed by atoms with Crippen LogP contribution in [0, 0.1) is 0 Å². The van der Waals surface area contributed by atoms with Crippen molar-refractivity contribution in [2.75, 3.05) is 0 Å². The van der Waals surface area contributed by atoms with E-state index < -0.39 is 5.41 Å². The van der Waals surface area contributed by atoms with Crippen molar-refractivity contribution in [1.82, 2.24) is 0 Å². The van der Waals surface area contributed by atoms with Crippen molar-refractivity contribution in [3.8, 4) is 11.1 Å². The molecule has 0 atom stereocenters. The highest BCUT2D eigenvalue weighted by Crippen LogP contribution is 2.57. The van der Waals surface area contributed by atoms with Crippen molar-refractivity contribution in [3.63, 3.8) is 0 Å². The second kappa shape index (κ2) is 6.84. The molecule has 2 heteroatoms. The molecule has 33 heavy (non-hydrogen) atoms. The summed E-state index contributed by atoms with van der Waals surface area (Å²) in [5, 5.41) is 2.87. The summed E-state index contributed by atoms with van der Waals surface area (Å²) in [6.45, 7) is 0. The fraction of sp³-hybridized carbons (Fsp3) is 0.0323. The third-order valence-corrected chi connectivity index (χ3v) is 7.26. The van der Waals surface area contributed by atoms with Gasteiger partial charge in [0.2, 0.25) is 0 Å². The summed E-state index contributed by atoms with van der Waals surface area (Å²) in [7, 11) is 0. The van der Waals surface area contributed by atoms with Gasteiger partial charge in [-0.15, -0.1) is 0 Å². The Morgan fingerprint density at radius 3 is 1.91 bits per heavy atom. The standard InChI is InChI=1S/C31H19ClO/c32-21-17-18-24-25-13-8-16-28(30(25)33-29(24)19-21)31(20-9-2-1-3-10-20)26-14-6-4-11-22(26)23-12-5-7-15-27(23)31/h1-19H. The summed E-state index contributed by atoms with van der Waals surface area (Å²) in [5.41, 5.74) is 8.72. The summed E-state index contributed by atoms with van der Waals surface area (Å²) in [6.07, 6.45) is 0. The molecule has 156 valence electrons. The van der Waals surface area contributed by atoms with Crippen molar-refractivity contribution in [2.24, 2.45) is 0 Å². The molecular weight excluding hydrogens is 424 g/mol. The van der Waals surface area contributed by atoms with Crippen LogP contribution in [0.15, 0.2) is 120 Å². The number of benzene rings is 5. The number of hydrogen-bond acceptors (Lipinski definition) is 1. The minimum Gasteiger partial charge on any atom is -0.456 e. The van der Waals surface area contributed by atoms with Crippen LogP contribution in [0.25, 0.3) is 33.1 Å². The summed E-state index contributed by atoms with van der Waals surface area (Å²) >= 11 is 6.31. The zero-order chi connectivity index (χ0) is 22.0. The monoisotopic (exact) mass is 442 g/mol. The molecule has 0 aliphatic heterocycles. The fourth-order valence-electron chi connectivity index (χ4n) is 5.75. The maximum Gasteiger partial charge on any atom is 0.140 e. The molecule has 6 aromatic rings. The Bertz CT molecular complexity index is 1630. The molecule has 1 nitrogen and oxygen atoms in total. The van der Waals surface area contributed by atoms with Crippen molar-refractivity contribution in [3.05, 3.63) is 143 Å². The first-order valence-electron chi connectivity index (χ1n) is 11.1. The molecule has 0 bridgehead atoms. The molecule has 0 unspecified atom stereocenters. The van der Waals surface area contributed by atoms with Crippen LogP contribution in [0.1, 0.15) is 22.3 Å². The molecular formula is C31H19ClO. The van der Waals surface area contributed by atoms with E-state index in [0.717, 1.165) is 27.5 Å². The van der Waals surface area contributed by atoms with Gasteiger partial charge in [-0.1, -0.05) is 109 Å². The third kappa shape index (κ3) is 2.43. The molecule has 0 amide bonds. The van der Waals surface area contributed by atoms with E-state index in [1.54, 1.807) is 0 Å². The Hall–Kier alpha value is -3.81. The number of halogens is 1. The van der Waals surface area contributed by atoms with Crippen molar-refractivity contribution < 1.29 is 4.42 Å². The van der Waals surface area contributed by atoms with Crippen LogP contribution in [0.4, 0.5) is 0 Å². The zero-order valence-electron chi connectivity index (χ0n) is 17.8. The fourth-order valence-corrected chi connectivity index (χ4v) is 5.91. The molecule has 1 heterocycles. The normalized spacial score (nSPS) is 13.8. The van der Waals surface area contributed by atoms with Gasteiger partial charge in [-0.3, -0.25) is 0 Å². The number of fused-ring (bicyclic) bond motifs is 6. The van der Waals surface area contributed by atoms with Gasteiger partial charge in [-0.2, -0.15) is 0 Å². The van der Waals surface area contributed by atoms with Crippen molar-refractivity contribution >= 4 is 33.5 Å². The van der Waals surface area contributed by atoms with E-state index in [1.165, 1.54) is 27.8 Å². The van der Waals surface area contributed by atoms with Crippen molar-refractivity contribution in [2.45, 2.75) is 5.41 Å². The maximum atomic E-state index is 6.57. The molecule has 1 aliphatic carbocycles. The molecule has 1 aromatic heterocycles. The van der Waals surface area contributed by atoms with Gasteiger partial charge in [-0.25, -0.2) is 0 Å². The molecule has 5 aromatic carbocycles. The summed E-state index contributed by atoms with van der Waals surface area (Å²) < 4.78 is 6.57. The average Bonchev–Trinajstić information content (AvgIpc) is 3.38. The predicted molar refractivity (Wildman–Crippen MR) is 136 cm³/mol. The van der Waals surface area contributed by atoms with Crippen LogP contribution in [-0.2, 0) is 5.41 Å². The Labute approximate surface area is 196 Å². The van der Waals surface area contributed by atoms with Crippen LogP contribution in [0.5, 0.6) is 0 Å². The van der Waals surface area contributed by atoms with Crippen molar-refractivity contribution in [1.29, 1.82) is 0 Å². The Morgan fingerprint density at radius 2 is 1.18 bits per heavy atom. The molecule has 0 saturated heterocycles. The van der Waals surface area contributed by atoms with Crippen LogP contribution in [0.3, 0.4) is 0 Å². The maximum absolute atomic E-state index is 6.57. The molecule has 1 aliphatic rings. The minimum absolute atomic E-state index is 0.481. The van der Waals surface area contributed by atoms with Gasteiger partial charge in [0, 0.05) is 27.4 Å². The predicted octanol–water partition coefficient (Wildman–Crippen LogP) is 8.60. The van der Waals surface area contributed by atoms with Gasteiger partial charge in [-0.05, 0) is 39.9 Å². The van der Waals surface area contributed by atoms with E-state index >= 15 is 0 Å². The second-order valence-corrected chi connectivity index (χ2v) is 9.07. The highest BCUT2D eigenvalue weighted by molar-refractivity contribution is 6.31. The first-order valence-corrected chi connectivity index (χ1v) is 11.5. The number of para-hydroxylation sites is 1. The third-order valence-electron chi connectivity index (χ3n) is 7.02. The Morgan fingerprint density at radius 1 is 0.545 bits per heavy atom. The average molecular weight is 443 g/mol. The molecule has 0 radical (unpaired) electrons. The van der Waals surface area contributed by atoms with Gasteiger partial charge in [0.1, 0.15) is 11.2 Å². The van der Waals surface area contributed by atoms with Crippen LogP contribution in [0.2, 0.25) is 5.02 Å². The van der Waals surface area contributed by atoms with Gasteiger partial charge in [0.05, 0.1) is 5.41 Å². The molecule has 0 fully saturated rings. The first-order chi connectivity index (χ1) is 16.3. The first kappa shape index (κ1) is 18.7. The smallest absolute Gasteiger partial charge is 0.140 e. The van der Waals surface area contributed by atoms with Crippen LogP contribution in [-0.4, -0.2) is 0 Å². The summed E-state index contributed by atoms with van der Waals surface area (Å²) in [4.78, 5) is 0. The lowest BCUT2D eigenvalue weighted by Crippen LogP contribution is -2.28. The van der Waals surface area contributed by atoms with Gasteiger partial charge in [0.15, 0.2) is 0 Å². The van der Waals surface area contributed by atoms with E-state index in [0.29, 0.717) is 5.02 Å². The summed E-state index contributed by atoms with van der Waals surface area (Å²) in [6, 6.07) is 40.7. The highest BCUT2D eigenvalue weighted by Gasteiger charge is 2.47. The lowest BCUT2D eigenvalue weighted by molar-refractivity contribution is 0.648. The topological polar surface area (TPSA) is 13.1 Å². The summed E-state index contributed by atoms with van der Waals surface area (Å²) in [5.74, 6) is 0. The van der Waals surface area contributed by atoms with Gasteiger partial charge >= 0.3 is 0 Å². The molecule has 0 spiro atoms. The number of hydrogen-bond donors (Lipinski definition) is 0. The van der Waals surface area contributed by atoms with Gasteiger partial charge < -0.3 is 4.42 Å². The second-order valence-electron chi connectivity index (χ2n) is 8.63. The zero-order valence-corrected chi connectivity index (χ0v) is 18.5. The van der Waals surface area contributed by atoms with Gasteiger partial charge in [0.25, 0.3) is 0 Å². The van der Waals surface area contributed by atoms with E-state index in [2.05, 4.69) is 103 Å². The lowest BCUT2D eigenvalue weighted by atomic mass is 9.67. The SMILES string of the molecule is Clc1ccc2c(c1)oc1c(C3(c4ccccc4)c4ccccc4-c4ccccc43)cccc12. The number of rotatable bonds is 2. The molecule has 0 saturated carbocycles. The van der Waals surface area contributed by atoms with Crippen LogP contribution >= 0.6 is 11.6 Å². The van der Waals surface area contributed by atoms with E-state index in [4.69, 9.17) is 16.0 Å². The quantitative estimate of drug-likeness (QED) is 0.261. The lowest BCUT2D eigenvalue weighted by Gasteiger charge is -2.33. The number of furan rings is 1. The Balaban J connectivity index is 1.70. The van der Waals surface area contributed by atoms with E-state index in [1.807, 2.05) is 12.1 Å². The largest absolute Gasteiger partial charge is 0.456 e. The molecule has 0 N–H and O–H groups in total. The van der Waals surface area contributed by atoms with Crippen LogP contribution < -0.4 is 0 Å². The molecule has 7 rings (SSSR count).